The Hall–Kier alpha value is -1.93. The van der Waals surface area contributed by atoms with Crippen molar-refractivity contribution in [3.05, 3.63) is 23.8 Å². The summed E-state index contributed by atoms with van der Waals surface area (Å²) in [5.74, 6) is 2.96. The van der Waals surface area contributed by atoms with Crippen molar-refractivity contribution in [3.63, 3.8) is 0 Å². The van der Waals surface area contributed by atoms with Gasteiger partial charge in [0.1, 0.15) is 0 Å². The number of nitrogens with zero attached hydrogens (tertiary/aromatic N) is 1. The first-order valence-corrected chi connectivity index (χ1v) is 9.88. The normalized spacial score (nSPS) is 22.3. The van der Waals surface area contributed by atoms with E-state index in [9.17, 15) is 9.59 Å². The smallest absolute Gasteiger partial charge is 0.255 e. The Morgan fingerprint density at radius 3 is 2.88 bits per heavy atom. The Bertz CT molecular complexity index is 664. The van der Waals surface area contributed by atoms with Gasteiger partial charge in [0.25, 0.3) is 5.91 Å². The van der Waals surface area contributed by atoms with E-state index in [1.165, 1.54) is 7.11 Å². The monoisotopic (exact) mass is 379 g/mol. The number of carbonyl (C=O) groups excluding carboxylic acids is 2. The SMILES string of the molecule is COc1cccc(C(=O)NCC2CNC(C(=O)N3CCSC3)C2)c1OC. The lowest BCUT2D eigenvalue weighted by molar-refractivity contribution is -0.131. The highest BCUT2D eigenvalue weighted by Crippen LogP contribution is 2.30. The lowest BCUT2D eigenvalue weighted by Gasteiger charge is -2.19. The van der Waals surface area contributed by atoms with Crippen LogP contribution in [-0.2, 0) is 4.79 Å². The van der Waals surface area contributed by atoms with E-state index >= 15 is 0 Å². The van der Waals surface area contributed by atoms with Gasteiger partial charge in [-0.25, -0.2) is 0 Å². The second-order valence-electron chi connectivity index (χ2n) is 6.45. The molecular formula is C18H25N3O4S. The molecule has 2 atom stereocenters. The molecule has 2 aliphatic heterocycles. The molecule has 2 fully saturated rings. The molecule has 2 unspecified atom stereocenters. The lowest BCUT2D eigenvalue weighted by Crippen LogP contribution is -2.42. The minimum atomic E-state index is -0.202. The van der Waals surface area contributed by atoms with Crippen LogP contribution < -0.4 is 20.1 Å². The van der Waals surface area contributed by atoms with Crippen molar-refractivity contribution in [2.24, 2.45) is 5.92 Å². The molecule has 0 aromatic heterocycles. The van der Waals surface area contributed by atoms with Gasteiger partial charge in [0.2, 0.25) is 5.91 Å². The topological polar surface area (TPSA) is 79.9 Å². The zero-order valence-corrected chi connectivity index (χ0v) is 15.9. The maximum Gasteiger partial charge on any atom is 0.255 e. The second-order valence-corrected chi connectivity index (χ2v) is 7.53. The summed E-state index contributed by atoms with van der Waals surface area (Å²) in [6.45, 7) is 2.08. The molecule has 1 aromatic rings. The molecule has 0 spiro atoms. The Balaban J connectivity index is 1.53. The first-order valence-electron chi connectivity index (χ1n) is 8.73. The molecule has 0 aliphatic carbocycles. The van der Waals surface area contributed by atoms with Crippen LogP contribution in [0.5, 0.6) is 11.5 Å². The second kappa shape index (κ2) is 8.64. The number of hydrogen-bond acceptors (Lipinski definition) is 6. The summed E-state index contributed by atoms with van der Waals surface area (Å²) < 4.78 is 10.6. The number of carbonyl (C=O) groups is 2. The molecule has 1 aromatic carbocycles. The molecule has 142 valence electrons. The minimum Gasteiger partial charge on any atom is -0.493 e. The van der Waals surface area contributed by atoms with Crippen LogP contribution in [0.15, 0.2) is 18.2 Å². The van der Waals surface area contributed by atoms with Crippen molar-refractivity contribution in [2.75, 3.05) is 45.5 Å². The summed E-state index contributed by atoms with van der Waals surface area (Å²) in [7, 11) is 3.06. The average Bonchev–Trinajstić information content (AvgIpc) is 3.36. The molecule has 0 saturated carbocycles. The molecule has 3 rings (SSSR count). The molecule has 8 heteroatoms. The van der Waals surface area contributed by atoms with Gasteiger partial charge in [-0.1, -0.05) is 6.07 Å². The predicted octanol–water partition coefficient (Wildman–Crippen LogP) is 0.945. The number of nitrogens with one attached hydrogen (secondary N) is 2. The van der Waals surface area contributed by atoms with Gasteiger partial charge in [0.05, 0.1) is 31.7 Å². The highest BCUT2D eigenvalue weighted by Gasteiger charge is 2.33. The largest absolute Gasteiger partial charge is 0.493 e. The summed E-state index contributed by atoms with van der Waals surface area (Å²) in [4.78, 5) is 26.9. The van der Waals surface area contributed by atoms with Crippen molar-refractivity contribution < 1.29 is 19.1 Å². The molecule has 2 amide bonds. The minimum absolute atomic E-state index is 0.137. The quantitative estimate of drug-likeness (QED) is 0.766. The Kier molecular flexibility index (Phi) is 6.26. The number of methoxy groups -OCH3 is 2. The van der Waals surface area contributed by atoms with Crippen LogP contribution in [0.4, 0.5) is 0 Å². The highest BCUT2D eigenvalue weighted by atomic mass is 32.2. The molecule has 0 radical (unpaired) electrons. The van der Waals surface area contributed by atoms with E-state index in [-0.39, 0.29) is 23.8 Å². The van der Waals surface area contributed by atoms with E-state index in [2.05, 4.69) is 10.6 Å². The van der Waals surface area contributed by atoms with Crippen molar-refractivity contribution in [3.8, 4) is 11.5 Å². The summed E-state index contributed by atoms with van der Waals surface area (Å²) in [5, 5.41) is 6.24. The zero-order chi connectivity index (χ0) is 18.5. The summed E-state index contributed by atoms with van der Waals surface area (Å²) >= 11 is 1.79. The molecule has 2 N–H and O–H groups in total. The third kappa shape index (κ3) is 4.07. The predicted molar refractivity (Wildman–Crippen MR) is 101 cm³/mol. The molecule has 2 heterocycles. The van der Waals surface area contributed by atoms with Gasteiger partial charge in [0, 0.05) is 25.4 Å². The molecule has 2 saturated heterocycles. The standard InChI is InChI=1S/C18H25N3O4S/c1-24-15-5-3-4-13(16(15)25-2)17(22)20-10-12-8-14(19-9-12)18(23)21-6-7-26-11-21/h3-5,12,14,19H,6-11H2,1-2H3,(H,20,22). The van der Waals surface area contributed by atoms with Crippen LogP contribution in [0.1, 0.15) is 16.8 Å². The van der Waals surface area contributed by atoms with Crippen molar-refractivity contribution in [1.82, 2.24) is 15.5 Å². The number of thioether (sulfide) groups is 1. The number of rotatable bonds is 6. The Morgan fingerprint density at radius 1 is 1.35 bits per heavy atom. The van der Waals surface area contributed by atoms with E-state index in [4.69, 9.17) is 9.47 Å². The zero-order valence-electron chi connectivity index (χ0n) is 15.1. The molecular weight excluding hydrogens is 354 g/mol. The van der Waals surface area contributed by atoms with Crippen LogP contribution in [0.3, 0.4) is 0 Å². The first kappa shape index (κ1) is 18.8. The van der Waals surface area contributed by atoms with Gasteiger partial charge in [-0.2, -0.15) is 0 Å². The van der Waals surface area contributed by atoms with Crippen LogP contribution in [-0.4, -0.2) is 68.2 Å². The lowest BCUT2D eigenvalue weighted by atomic mass is 10.0. The third-order valence-electron chi connectivity index (χ3n) is 4.78. The van der Waals surface area contributed by atoms with Crippen molar-refractivity contribution in [1.29, 1.82) is 0 Å². The molecule has 2 aliphatic rings. The van der Waals surface area contributed by atoms with Crippen molar-refractivity contribution >= 4 is 23.6 Å². The van der Waals surface area contributed by atoms with Crippen molar-refractivity contribution in [2.45, 2.75) is 12.5 Å². The Morgan fingerprint density at radius 2 is 2.19 bits per heavy atom. The van der Waals surface area contributed by atoms with Gasteiger partial charge >= 0.3 is 0 Å². The van der Waals surface area contributed by atoms with Crippen LogP contribution >= 0.6 is 11.8 Å². The van der Waals surface area contributed by atoms with Gasteiger partial charge in [-0.05, 0) is 24.5 Å². The number of ether oxygens (including phenoxy) is 2. The fourth-order valence-electron chi connectivity index (χ4n) is 3.36. The average molecular weight is 379 g/mol. The maximum absolute atomic E-state index is 12.5. The summed E-state index contributed by atoms with van der Waals surface area (Å²) in [5.41, 5.74) is 0.444. The van der Waals surface area contributed by atoms with E-state index < -0.39 is 0 Å². The van der Waals surface area contributed by atoms with Gasteiger partial charge in [-0.3, -0.25) is 9.59 Å². The Labute approximate surface area is 157 Å². The number of hydrogen-bond donors (Lipinski definition) is 2. The highest BCUT2D eigenvalue weighted by molar-refractivity contribution is 7.99. The summed E-state index contributed by atoms with van der Waals surface area (Å²) in [6, 6.07) is 5.09. The maximum atomic E-state index is 12.5. The molecule has 7 nitrogen and oxygen atoms in total. The van der Waals surface area contributed by atoms with Gasteiger partial charge in [0.15, 0.2) is 11.5 Å². The van der Waals surface area contributed by atoms with E-state index in [1.807, 2.05) is 4.90 Å². The van der Waals surface area contributed by atoms with E-state index in [0.29, 0.717) is 23.6 Å². The molecule has 0 bridgehead atoms. The fourth-order valence-corrected chi connectivity index (χ4v) is 4.31. The number of para-hydroxylation sites is 1. The van der Waals surface area contributed by atoms with Gasteiger partial charge in [-0.15, -0.1) is 11.8 Å². The third-order valence-corrected chi connectivity index (χ3v) is 5.75. The molecule has 26 heavy (non-hydrogen) atoms. The number of amides is 2. The van der Waals surface area contributed by atoms with E-state index in [1.54, 1.807) is 37.1 Å². The fraction of sp³-hybridized carbons (Fsp3) is 0.556. The summed E-state index contributed by atoms with van der Waals surface area (Å²) in [6.07, 6.45) is 0.746. The van der Waals surface area contributed by atoms with E-state index in [0.717, 1.165) is 31.1 Å². The van der Waals surface area contributed by atoms with Crippen LogP contribution in [0.25, 0.3) is 0 Å². The van der Waals surface area contributed by atoms with Crippen LogP contribution in [0, 0.1) is 5.92 Å². The first-order chi connectivity index (χ1) is 12.6. The number of benzene rings is 1. The van der Waals surface area contributed by atoms with Gasteiger partial charge < -0.3 is 25.0 Å². The van der Waals surface area contributed by atoms with Crippen LogP contribution in [0.2, 0.25) is 0 Å².